The van der Waals surface area contributed by atoms with E-state index in [2.05, 4.69) is 34.0 Å². The van der Waals surface area contributed by atoms with Crippen molar-refractivity contribution in [2.45, 2.75) is 39.2 Å². The van der Waals surface area contributed by atoms with Gasteiger partial charge in [0, 0.05) is 39.5 Å². The molecule has 0 aromatic heterocycles. The highest BCUT2D eigenvalue weighted by molar-refractivity contribution is 14.0. The van der Waals surface area contributed by atoms with Gasteiger partial charge in [-0.25, -0.2) is 0 Å². The van der Waals surface area contributed by atoms with Crippen LogP contribution in [-0.2, 0) is 0 Å². The number of ether oxygens (including phenoxy) is 1. The molecule has 148 valence electrons. The molecule has 0 bridgehead atoms. The molecule has 1 aliphatic heterocycles. The first-order valence-corrected chi connectivity index (χ1v) is 9.66. The molecule has 5 nitrogen and oxygen atoms in total. The second-order valence-electron chi connectivity index (χ2n) is 6.47. The molecule has 0 radical (unpaired) electrons. The molecule has 0 saturated carbocycles. The Balaban J connectivity index is 0.00000338. The zero-order valence-corrected chi connectivity index (χ0v) is 18.8. The van der Waals surface area contributed by atoms with Crippen molar-refractivity contribution in [3.63, 3.8) is 0 Å². The first-order valence-electron chi connectivity index (χ1n) is 9.66. The highest BCUT2D eigenvalue weighted by Gasteiger charge is 2.22. The van der Waals surface area contributed by atoms with Crippen molar-refractivity contribution in [3.8, 4) is 5.75 Å². The van der Waals surface area contributed by atoms with Crippen LogP contribution in [0.1, 0.15) is 33.1 Å². The maximum absolute atomic E-state index is 6.07. The van der Waals surface area contributed by atoms with Crippen molar-refractivity contribution in [2.24, 2.45) is 4.99 Å². The van der Waals surface area contributed by atoms with Gasteiger partial charge in [0.1, 0.15) is 11.9 Å². The van der Waals surface area contributed by atoms with E-state index in [-0.39, 0.29) is 24.0 Å². The Morgan fingerprint density at radius 3 is 2.42 bits per heavy atom. The van der Waals surface area contributed by atoms with Crippen LogP contribution in [0, 0.1) is 0 Å². The molecule has 1 aromatic carbocycles. The van der Waals surface area contributed by atoms with E-state index in [1.807, 2.05) is 37.4 Å². The molecule has 2 rings (SSSR count). The Bertz CT molecular complexity index is 500. The number of likely N-dealkylation sites (tertiary alicyclic amines) is 1. The van der Waals surface area contributed by atoms with Crippen molar-refractivity contribution < 1.29 is 4.74 Å². The fourth-order valence-corrected chi connectivity index (χ4v) is 3.25. The molecule has 0 amide bonds. The Labute approximate surface area is 176 Å². The van der Waals surface area contributed by atoms with Crippen LogP contribution in [0.2, 0.25) is 0 Å². The predicted octanol–water partition coefficient (Wildman–Crippen LogP) is 3.46. The van der Waals surface area contributed by atoms with Gasteiger partial charge in [0.2, 0.25) is 0 Å². The van der Waals surface area contributed by atoms with Crippen LogP contribution in [0.15, 0.2) is 35.3 Å². The van der Waals surface area contributed by atoms with Crippen molar-refractivity contribution in [1.82, 2.24) is 15.1 Å². The van der Waals surface area contributed by atoms with Crippen LogP contribution in [0.5, 0.6) is 5.75 Å². The van der Waals surface area contributed by atoms with Crippen LogP contribution in [0.4, 0.5) is 0 Å². The van der Waals surface area contributed by atoms with E-state index in [1.165, 1.54) is 0 Å². The number of hydrogen-bond acceptors (Lipinski definition) is 3. The summed E-state index contributed by atoms with van der Waals surface area (Å²) < 4.78 is 6.07. The van der Waals surface area contributed by atoms with Crippen LogP contribution in [-0.4, -0.2) is 68.2 Å². The Morgan fingerprint density at radius 1 is 1.19 bits per heavy atom. The van der Waals surface area contributed by atoms with Gasteiger partial charge < -0.3 is 19.9 Å². The number of hydrogen-bond donors (Lipinski definition) is 1. The molecule has 1 saturated heterocycles. The topological polar surface area (TPSA) is 40.1 Å². The van der Waals surface area contributed by atoms with Crippen molar-refractivity contribution >= 4 is 29.9 Å². The first-order chi connectivity index (χ1) is 12.3. The van der Waals surface area contributed by atoms with E-state index in [9.17, 15) is 0 Å². The number of benzene rings is 1. The SMILES string of the molecule is CCN(CC)CCCNC(=NC)N1CCC(Oc2ccccc2)CC1.I. The number of halogens is 1. The number of para-hydroxylation sites is 1. The van der Waals surface area contributed by atoms with Crippen LogP contribution in [0.25, 0.3) is 0 Å². The predicted molar refractivity (Wildman–Crippen MR) is 121 cm³/mol. The van der Waals surface area contributed by atoms with Crippen LogP contribution in [0.3, 0.4) is 0 Å². The minimum atomic E-state index is 0. The minimum absolute atomic E-state index is 0. The van der Waals surface area contributed by atoms with Gasteiger partial charge in [-0.2, -0.15) is 0 Å². The van der Waals surface area contributed by atoms with Gasteiger partial charge >= 0.3 is 0 Å². The number of guanidine groups is 1. The van der Waals surface area contributed by atoms with Gasteiger partial charge in [-0.1, -0.05) is 32.0 Å². The van der Waals surface area contributed by atoms with Gasteiger partial charge in [-0.15, -0.1) is 24.0 Å². The molecular weight excluding hydrogens is 439 g/mol. The molecule has 0 unspecified atom stereocenters. The van der Waals surface area contributed by atoms with Crippen molar-refractivity contribution in [1.29, 1.82) is 0 Å². The van der Waals surface area contributed by atoms with Crippen LogP contribution >= 0.6 is 24.0 Å². The average molecular weight is 474 g/mol. The van der Waals surface area contributed by atoms with Gasteiger partial charge in [0.15, 0.2) is 5.96 Å². The highest BCUT2D eigenvalue weighted by atomic mass is 127. The summed E-state index contributed by atoms with van der Waals surface area (Å²) in [6.07, 6.45) is 3.53. The molecule has 1 aromatic rings. The number of aliphatic imine (C=N–C) groups is 1. The zero-order chi connectivity index (χ0) is 17.9. The summed E-state index contributed by atoms with van der Waals surface area (Å²) >= 11 is 0. The first kappa shape index (κ1) is 23.0. The molecule has 0 spiro atoms. The lowest BCUT2D eigenvalue weighted by Crippen LogP contribution is -2.47. The molecular formula is C20H35IN4O. The van der Waals surface area contributed by atoms with E-state index < -0.39 is 0 Å². The molecule has 1 aliphatic rings. The Morgan fingerprint density at radius 2 is 1.85 bits per heavy atom. The summed E-state index contributed by atoms with van der Waals surface area (Å²) in [4.78, 5) is 9.26. The van der Waals surface area contributed by atoms with Gasteiger partial charge in [-0.3, -0.25) is 4.99 Å². The zero-order valence-electron chi connectivity index (χ0n) is 16.5. The molecule has 1 heterocycles. The summed E-state index contributed by atoms with van der Waals surface area (Å²) in [5, 5.41) is 3.52. The van der Waals surface area contributed by atoms with Crippen molar-refractivity contribution in [3.05, 3.63) is 30.3 Å². The fraction of sp³-hybridized carbons (Fsp3) is 0.650. The molecule has 6 heteroatoms. The summed E-state index contributed by atoms with van der Waals surface area (Å²) in [6.45, 7) is 10.8. The van der Waals surface area contributed by atoms with Gasteiger partial charge in [0.05, 0.1) is 0 Å². The molecule has 1 N–H and O–H groups in total. The molecule has 26 heavy (non-hydrogen) atoms. The lowest BCUT2D eigenvalue weighted by atomic mass is 10.1. The summed E-state index contributed by atoms with van der Waals surface area (Å²) in [7, 11) is 1.87. The standard InChI is InChI=1S/C20H34N4O.HI/c1-4-23(5-2)15-9-14-22-20(21-3)24-16-12-19(13-17-24)25-18-10-7-6-8-11-18;/h6-8,10-11,19H,4-5,9,12-17H2,1-3H3,(H,21,22);1H. The summed E-state index contributed by atoms with van der Waals surface area (Å²) in [5.74, 6) is 2.00. The van der Waals surface area contributed by atoms with Crippen molar-refractivity contribution in [2.75, 3.05) is 46.3 Å². The summed E-state index contributed by atoms with van der Waals surface area (Å²) in [6, 6.07) is 10.1. The quantitative estimate of drug-likeness (QED) is 0.271. The minimum Gasteiger partial charge on any atom is -0.490 e. The van der Waals surface area contributed by atoms with Crippen LogP contribution < -0.4 is 10.1 Å². The maximum atomic E-state index is 6.07. The number of piperidine rings is 1. The molecule has 1 fully saturated rings. The molecule has 0 aliphatic carbocycles. The third-order valence-corrected chi connectivity index (χ3v) is 4.83. The van der Waals surface area contributed by atoms with Gasteiger partial charge in [-0.05, 0) is 38.2 Å². The lowest BCUT2D eigenvalue weighted by Gasteiger charge is -2.34. The van der Waals surface area contributed by atoms with E-state index in [4.69, 9.17) is 4.74 Å². The lowest BCUT2D eigenvalue weighted by molar-refractivity contribution is 0.129. The number of nitrogens with zero attached hydrogens (tertiary/aromatic N) is 3. The average Bonchev–Trinajstić information content (AvgIpc) is 2.67. The largest absolute Gasteiger partial charge is 0.490 e. The Kier molecular flexibility index (Phi) is 11.7. The normalized spacial score (nSPS) is 15.7. The van der Waals surface area contributed by atoms with E-state index >= 15 is 0 Å². The van der Waals surface area contributed by atoms with E-state index in [0.29, 0.717) is 6.10 Å². The van der Waals surface area contributed by atoms with E-state index in [1.54, 1.807) is 0 Å². The van der Waals surface area contributed by atoms with Gasteiger partial charge in [0.25, 0.3) is 0 Å². The number of nitrogens with one attached hydrogen (secondary N) is 1. The highest BCUT2D eigenvalue weighted by Crippen LogP contribution is 2.18. The Hall–Kier alpha value is -1.02. The van der Waals surface area contributed by atoms with E-state index in [0.717, 1.165) is 70.2 Å². The number of rotatable bonds is 8. The molecule has 0 atom stereocenters. The second kappa shape index (κ2) is 13.2. The monoisotopic (exact) mass is 474 g/mol. The second-order valence-corrected chi connectivity index (χ2v) is 6.47. The maximum Gasteiger partial charge on any atom is 0.193 e. The fourth-order valence-electron chi connectivity index (χ4n) is 3.25. The smallest absolute Gasteiger partial charge is 0.193 e. The third-order valence-electron chi connectivity index (χ3n) is 4.83. The summed E-state index contributed by atoms with van der Waals surface area (Å²) in [5.41, 5.74) is 0. The third kappa shape index (κ3) is 7.70.